The van der Waals surface area contributed by atoms with E-state index < -0.39 is 0 Å². The predicted molar refractivity (Wildman–Crippen MR) is 81.5 cm³/mol. The molecule has 0 radical (unpaired) electrons. The van der Waals surface area contributed by atoms with Crippen molar-refractivity contribution in [2.45, 2.75) is 51.7 Å². The Kier molecular flexibility index (Phi) is 4.50. The zero-order valence-corrected chi connectivity index (χ0v) is 13.3. The molecule has 3 rings (SSSR count). The van der Waals surface area contributed by atoms with E-state index in [1.54, 1.807) is 7.11 Å². The number of aryl methyl sites for hydroxylation is 1. The van der Waals surface area contributed by atoms with Crippen LogP contribution in [-0.2, 0) is 19.5 Å². The molecule has 7 heteroatoms. The lowest BCUT2D eigenvalue weighted by Crippen LogP contribution is -2.21. The van der Waals surface area contributed by atoms with Crippen molar-refractivity contribution in [2.24, 2.45) is 0 Å². The molecular weight excluding hydrogens is 286 g/mol. The molecule has 1 atom stereocenters. The second-order valence-corrected chi connectivity index (χ2v) is 6.01. The first-order valence-electron chi connectivity index (χ1n) is 7.42. The first-order valence-corrected chi connectivity index (χ1v) is 8.26. The summed E-state index contributed by atoms with van der Waals surface area (Å²) < 4.78 is 11.8. The molecule has 2 aromatic heterocycles. The van der Waals surface area contributed by atoms with Crippen LogP contribution >= 0.6 is 11.5 Å². The van der Waals surface area contributed by atoms with Gasteiger partial charge in [-0.05, 0) is 31.3 Å². The molecule has 6 nitrogen and oxygen atoms in total. The molecule has 3 heterocycles. The summed E-state index contributed by atoms with van der Waals surface area (Å²) in [5.74, 6) is 2.87. The number of aromatic nitrogens is 4. The molecule has 0 saturated carbocycles. The quantitative estimate of drug-likeness (QED) is 0.918. The average Bonchev–Trinajstić information content (AvgIpc) is 3.06. The van der Waals surface area contributed by atoms with Crippen LogP contribution in [0.15, 0.2) is 5.38 Å². The molecule has 0 spiro atoms. The van der Waals surface area contributed by atoms with Crippen molar-refractivity contribution in [3.05, 3.63) is 22.6 Å². The Morgan fingerprint density at radius 3 is 3.14 bits per heavy atom. The highest BCUT2D eigenvalue weighted by Crippen LogP contribution is 2.25. The molecule has 0 aliphatic carbocycles. The van der Waals surface area contributed by atoms with Gasteiger partial charge in [0.25, 0.3) is 0 Å². The van der Waals surface area contributed by atoms with Gasteiger partial charge in [-0.3, -0.25) is 0 Å². The fraction of sp³-hybridized carbons (Fsp3) is 0.643. The van der Waals surface area contributed by atoms with Crippen LogP contribution in [0.3, 0.4) is 0 Å². The fourth-order valence-corrected chi connectivity index (χ4v) is 3.45. The van der Waals surface area contributed by atoms with Crippen LogP contribution in [0.1, 0.15) is 49.4 Å². The third kappa shape index (κ3) is 3.08. The number of ether oxygens (including phenoxy) is 1. The maximum absolute atomic E-state index is 5.28. The number of fused-ring (bicyclic) bond motifs is 1. The smallest absolute Gasteiger partial charge is 0.229 e. The van der Waals surface area contributed by atoms with Crippen LogP contribution in [0.2, 0.25) is 0 Å². The second-order valence-electron chi connectivity index (χ2n) is 5.38. The highest BCUT2D eigenvalue weighted by Gasteiger charge is 2.17. The van der Waals surface area contributed by atoms with Gasteiger partial charge >= 0.3 is 0 Å². The molecule has 0 saturated heterocycles. The Balaban J connectivity index is 1.66. The average molecular weight is 307 g/mol. The Morgan fingerprint density at radius 2 is 2.29 bits per heavy atom. The van der Waals surface area contributed by atoms with Gasteiger partial charge in [0.2, 0.25) is 5.88 Å². The van der Waals surface area contributed by atoms with E-state index in [1.807, 2.05) is 5.38 Å². The third-order valence-electron chi connectivity index (χ3n) is 3.97. The largest absolute Gasteiger partial charge is 0.480 e. The van der Waals surface area contributed by atoms with Gasteiger partial charge in [0, 0.05) is 30.0 Å². The Morgan fingerprint density at radius 1 is 1.38 bits per heavy atom. The van der Waals surface area contributed by atoms with E-state index >= 15 is 0 Å². The molecule has 0 bridgehead atoms. The molecule has 21 heavy (non-hydrogen) atoms. The van der Waals surface area contributed by atoms with Crippen LogP contribution in [-0.4, -0.2) is 26.2 Å². The monoisotopic (exact) mass is 307 g/mol. The van der Waals surface area contributed by atoms with Crippen molar-refractivity contribution in [1.29, 1.82) is 0 Å². The summed E-state index contributed by atoms with van der Waals surface area (Å²) in [4.78, 5) is 0. The summed E-state index contributed by atoms with van der Waals surface area (Å²) >= 11 is 1.42. The van der Waals surface area contributed by atoms with E-state index in [-0.39, 0.29) is 6.04 Å². The molecule has 2 aromatic rings. The first kappa shape index (κ1) is 14.5. The summed E-state index contributed by atoms with van der Waals surface area (Å²) in [6.45, 7) is 3.87. The van der Waals surface area contributed by atoms with E-state index in [0.717, 1.165) is 30.2 Å². The molecule has 114 valence electrons. The number of methoxy groups -OCH3 is 1. The van der Waals surface area contributed by atoms with Crippen molar-refractivity contribution < 1.29 is 4.74 Å². The minimum absolute atomic E-state index is 0.178. The van der Waals surface area contributed by atoms with Crippen LogP contribution in [0.4, 0.5) is 0 Å². The Bertz CT molecular complexity index is 594. The molecule has 1 aliphatic heterocycles. The van der Waals surface area contributed by atoms with Crippen molar-refractivity contribution in [3.63, 3.8) is 0 Å². The SMILES string of the molecule is COc1nscc1C(C)NCc1nnc2n1CCCCC2. The zero-order valence-electron chi connectivity index (χ0n) is 12.5. The summed E-state index contributed by atoms with van der Waals surface area (Å²) in [5.41, 5.74) is 1.10. The van der Waals surface area contributed by atoms with E-state index in [9.17, 15) is 0 Å². The minimum atomic E-state index is 0.178. The molecule has 1 N–H and O–H groups in total. The van der Waals surface area contributed by atoms with Crippen LogP contribution in [0.25, 0.3) is 0 Å². The van der Waals surface area contributed by atoms with E-state index in [0.29, 0.717) is 12.4 Å². The summed E-state index contributed by atoms with van der Waals surface area (Å²) in [7, 11) is 1.66. The van der Waals surface area contributed by atoms with E-state index in [2.05, 4.69) is 31.4 Å². The van der Waals surface area contributed by atoms with Gasteiger partial charge in [-0.2, -0.15) is 4.37 Å². The molecular formula is C14H21N5OS. The molecule has 1 unspecified atom stereocenters. The molecule has 1 aliphatic rings. The Hall–Kier alpha value is -1.47. The van der Waals surface area contributed by atoms with Crippen LogP contribution < -0.4 is 10.1 Å². The topological polar surface area (TPSA) is 64.9 Å². The van der Waals surface area contributed by atoms with Gasteiger partial charge in [0.05, 0.1) is 13.7 Å². The molecule has 0 amide bonds. The van der Waals surface area contributed by atoms with Crippen molar-refractivity contribution in [3.8, 4) is 5.88 Å². The van der Waals surface area contributed by atoms with Crippen LogP contribution in [0, 0.1) is 0 Å². The Labute approximate surface area is 128 Å². The standard InChI is InChI=1S/C14H21N5OS/c1-10(11-9-21-18-14(11)20-2)15-8-13-17-16-12-6-4-3-5-7-19(12)13/h9-10,15H,3-8H2,1-2H3. The van der Waals surface area contributed by atoms with E-state index in [1.165, 1.54) is 30.8 Å². The van der Waals surface area contributed by atoms with Gasteiger partial charge in [0.15, 0.2) is 0 Å². The molecule has 0 fully saturated rings. The highest BCUT2D eigenvalue weighted by molar-refractivity contribution is 7.03. The van der Waals surface area contributed by atoms with Gasteiger partial charge < -0.3 is 14.6 Å². The lowest BCUT2D eigenvalue weighted by Gasteiger charge is -2.14. The van der Waals surface area contributed by atoms with Crippen molar-refractivity contribution in [1.82, 2.24) is 24.5 Å². The third-order valence-corrected chi connectivity index (χ3v) is 4.61. The van der Waals surface area contributed by atoms with Crippen LogP contribution in [0.5, 0.6) is 5.88 Å². The lowest BCUT2D eigenvalue weighted by atomic mass is 10.2. The number of hydrogen-bond acceptors (Lipinski definition) is 6. The van der Waals surface area contributed by atoms with Gasteiger partial charge in [-0.15, -0.1) is 10.2 Å². The minimum Gasteiger partial charge on any atom is -0.480 e. The summed E-state index contributed by atoms with van der Waals surface area (Å²) in [6, 6.07) is 0.178. The zero-order chi connectivity index (χ0) is 14.7. The number of hydrogen-bond donors (Lipinski definition) is 1. The fourth-order valence-electron chi connectivity index (χ4n) is 2.71. The summed E-state index contributed by atoms with van der Waals surface area (Å²) in [6.07, 6.45) is 4.77. The number of rotatable bonds is 5. The predicted octanol–water partition coefficient (Wildman–Crippen LogP) is 2.32. The normalized spacial score (nSPS) is 16.3. The van der Waals surface area contributed by atoms with Crippen molar-refractivity contribution in [2.75, 3.05) is 7.11 Å². The summed E-state index contributed by atoms with van der Waals surface area (Å²) in [5, 5.41) is 14.2. The van der Waals surface area contributed by atoms with Gasteiger partial charge in [0.1, 0.15) is 11.6 Å². The van der Waals surface area contributed by atoms with Gasteiger partial charge in [-0.1, -0.05) is 6.42 Å². The first-order chi connectivity index (χ1) is 10.3. The van der Waals surface area contributed by atoms with E-state index in [4.69, 9.17) is 4.74 Å². The lowest BCUT2D eigenvalue weighted by molar-refractivity contribution is 0.389. The highest BCUT2D eigenvalue weighted by atomic mass is 32.1. The maximum atomic E-state index is 5.28. The molecule has 0 aromatic carbocycles. The number of nitrogens with zero attached hydrogens (tertiary/aromatic N) is 4. The van der Waals surface area contributed by atoms with Gasteiger partial charge in [-0.25, -0.2) is 0 Å². The second kappa shape index (κ2) is 6.53. The number of nitrogens with one attached hydrogen (secondary N) is 1. The van der Waals surface area contributed by atoms with Crippen molar-refractivity contribution >= 4 is 11.5 Å². The maximum Gasteiger partial charge on any atom is 0.229 e.